The second-order valence-corrected chi connectivity index (χ2v) is 10.5. The van der Waals surface area contributed by atoms with Crippen molar-refractivity contribution in [2.45, 2.75) is 91.2 Å². The Kier molecular flexibility index (Phi) is 10.6. The third-order valence-electron chi connectivity index (χ3n) is 5.61. The molecule has 2 aliphatic rings. The SMILES string of the molecule is CC(CCOCI)CC(C)OCCC(C)CC(N1CC(OC(C)(C)C)C1)[N+]1=C=C1. The van der Waals surface area contributed by atoms with Crippen molar-refractivity contribution in [2.24, 2.45) is 11.8 Å². The molecule has 0 spiro atoms. The molecule has 0 saturated carbocycles. The molecular weight excluding hydrogens is 479 g/mol. The topological polar surface area (TPSA) is 33.9 Å². The van der Waals surface area contributed by atoms with E-state index in [9.17, 15) is 0 Å². The van der Waals surface area contributed by atoms with Gasteiger partial charge in [0.25, 0.3) is 6.20 Å². The third-order valence-corrected chi connectivity index (χ3v) is 6.05. The Balaban J connectivity index is 1.61. The van der Waals surface area contributed by atoms with E-state index in [4.69, 9.17) is 14.2 Å². The lowest BCUT2D eigenvalue weighted by Gasteiger charge is -2.43. The molecule has 0 N–H and O–H groups in total. The lowest BCUT2D eigenvalue weighted by atomic mass is 9.99. The largest absolute Gasteiger partial charge is 0.378 e. The molecule has 0 bridgehead atoms. The molecule has 0 radical (unpaired) electrons. The van der Waals surface area contributed by atoms with Gasteiger partial charge in [-0.15, -0.1) is 4.58 Å². The number of hydrogen-bond acceptors (Lipinski definition) is 4. The first-order chi connectivity index (χ1) is 13.7. The van der Waals surface area contributed by atoms with Crippen molar-refractivity contribution in [3.05, 3.63) is 6.20 Å². The zero-order chi connectivity index (χ0) is 21.4. The van der Waals surface area contributed by atoms with Crippen LogP contribution in [0.15, 0.2) is 6.20 Å². The molecule has 0 aliphatic carbocycles. The van der Waals surface area contributed by atoms with Gasteiger partial charge in [0.1, 0.15) is 0 Å². The lowest BCUT2D eigenvalue weighted by molar-refractivity contribution is -0.500. The lowest BCUT2D eigenvalue weighted by Crippen LogP contribution is -2.59. The molecule has 0 amide bonds. The van der Waals surface area contributed by atoms with Crippen LogP contribution < -0.4 is 0 Å². The first-order valence-corrected chi connectivity index (χ1v) is 12.8. The number of rotatable bonds is 15. The molecule has 2 rings (SSSR count). The van der Waals surface area contributed by atoms with Crippen molar-refractivity contribution in [3.8, 4) is 0 Å². The normalized spacial score (nSPS) is 21.4. The Labute approximate surface area is 192 Å². The Morgan fingerprint density at radius 2 is 1.72 bits per heavy atom. The van der Waals surface area contributed by atoms with Gasteiger partial charge in [-0.1, -0.05) is 36.4 Å². The summed E-state index contributed by atoms with van der Waals surface area (Å²) in [4.78, 5) is 2.52. The van der Waals surface area contributed by atoms with E-state index >= 15 is 0 Å². The van der Waals surface area contributed by atoms with Gasteiger partial charge in [0.05, 0.1) is 22.4 Å². The van der Waals surface area contributed by atoms with E-state index in [-0.39, 0.29) is 5.60 Å². The van der Waals surface area contributed by atoms with Gasteiger partial charge in [-0.25, -0.2) is 4.90 Å². The van der Waals surface area contributed by atoms with Crippen LogP contribution in [0.5, 0.6) is 0 Å². The maximum Gasteiger partial charge on any atom is 0.288 e. The highest BCUT2D eigenvalue weighted by atomic mass is 127. The van der Waals surface area contributed by atoms with Crippen LogP contribution in [0.4, 0.5) is 0 Å². The van der Waals surface area contributed by atoms with E-state index in [2.05, 4.69) is 85.7 Å². The second-order valence-electron chi connectivity index (χ2n) is 9.91. The zero-order valence-corrected chi connectivity index (χ0v) is 21.5. The highest BCUT2D eigenvalue weighted by Crippen LogP contribution is 2.26. The minimum atomic E-state index is -0.0575. The van der Waals surface area contributed by atoms with Gasteiger partial charge in [0.15, 0.2) is 0 Å². The third kappa shape index (κ3) is 10.3. The van der Waals surface area contributed by atoms with Gasteiger partial charge >= 0.3 is 0 Å². The van der Waals surface area contributed by atoms with E-state index in [0.717, 1.165) is 56.6 Å². The predicted molar refractivity (Wildman–Crippen MR) is 127 cm³/mol. The fourth-order valence-electron chi connectivity index (χ4n) is 3.97. The van der Waals surface area contributed by atoms with Gasteiger partial charge in [0, 0.05) is 32.7 Å². The fourth-order valence-corrected chi connectivity index (χ4v) is 4.28. The van der Waals surface area contributed by atoms with Crippen LogP contribution in [0.1, 0.15) is 67.2 Å². The summed E-state index contributed by atoms with van der Waals surface area (Å²) in [5.74, 6) is 4.52. The Morgan fingerprint density at radius 3 is 2.31 bits per heavy atom. The molecule has 29 heavy (non-hydrogen) atoms. The summed E-state index contributed by atoms with van der Waals surface area (Å²) in [5, 5.41) is 0. The standard InChI is InChI=1S/C23H42IN2O3/c1-18(7-11-27-17-24)13-20(3)28-12-8-19(2)14-22(25-9-10-25)26-15-21(16-26)29-23(4,5)6/h9,18-22H,7-8,11-17H2,1-6H3/q+1. The average molecular weight is 522 g/mol. The summed E-state index contributed by atoms with van der Waals surface area (Å²) in [6.07, 6.45) is 7.66. The summed E-state index contributed by atoms with van der Waals surface area (Å²) in [5.41, 5.74) is -0.0575. The number of alkyl halides is 1. The van der Waals surface area contributed by atoms with Crippen molar-refractivity contribution in [1.82, 2.24) is 4.90 Å². The maximum absolute atomic E-state index is 6.11. The van der Waals surface area contributed by atoms with Crippen LogP contribution in [0.25, 0.3) is 0 Å². The molecule has 1 saturated heterocycles. The molecule has 4 atom stereocenters. The number of likely N-dealkylation sites (tertiary alicyclic amines) is 1. The smallest absolute Gasteiger partial charge is 0.288 e. The molecule has 4 unspecified atom stereocenters. The fraction of sp³-hybridized carbons (Fsp3) is 0.913. The van der Waals surface area contributed by atoms with Crippen molar-refractivity contribution < 1.29 is 18.8 Å². The molecule has 0 aromatic carbocycles. The van der Waals surface area contributed by atoms with Gasteiger partial charge in [0.2, 0.25) is 12.0 Å². The quantitative estimate of drug-likeness (QED) is 0.136. The summed E-state index contributed by atoms with van der Waals surface area (Å²) >= 11 is 2.25. The Morgan fingerprint density at radius 1 is 1.10 bits per heavy atom. The monoisotopic (exact) mass is 521 g/mol. The molecule has 0 aromatic heterocycles. The van der Waals surface area contributed by atoms with Gasteiger partial charge in [-0.05, 0) is 58.8 Å². The molecule has 1 fully saturated rings. The number of halogens is 1. The molecule has 2 heterocycles. The Bertz CT molecular complexity index is 551. The van der Waals surface area contributed by atoms with Crippen molar-refractivity contribution in [2.75, 3.05) is 30.9 Å². The van der Waals surface area contributed by atoms with Gasteiger partial charge in [-0.3, -0.25) is 0 Å². The number of nitrogens with zero attached hydrogens (tertiary/aromatic N) is 2. The van der Waals surface area contributed by atoms with Crippen LogP contribution in [0.2, 0.25) is 0 Å². The molecule has 0 aromatic rings. The summed E-state index contributed by atoms with van der Waals surface area (Å²) in [6, 6.07) is 0. The predicted octanol–water partition coefficient (Wildman–Crippen LogP) is 4.67. The van der Waals surface area contributed by atoms with Gasteiger partial charge < -0.3 is 14.2 Å². The van der Waals surface area contributed by atoms with Crippen molar-refractivity contribution >= 4 is 28.5 Å². The molecule has 2 aliphatic heterocycles. The maximum atomic E-state index is 6.11. The van der Waals surface area contributed by atoms with E-state index in [0.29, 0.717) is 30.2 Å². The molecule has 5 nitrogen and oxygen atoms in total. The average Bonchev–Trinajstić information content (AvgIpc) is 3.40. The van der Waals surface area contributed by atoms with Crippen LogP contribution in [-0.4, -0.2) is 70.2 Å². The summed E-state index contributed by atoms with van der Waals surface area (Å²) < 4.78 is 20.7. The second kappa shape index (κ2) is 12.2. The van der Waals surface area contributed by atoms with Crippen LogP contribution in [0, 0.1) is 11.8 Å². The van der Waals surface area contributed by atoms with Crippen LogP contribution >= 0.6 is 22.6 Å². The van der Waals surface area contributed by atoms with Crippen molar-refractivity contribution in [3.63, 3.8) is 0 Å². The highest BCUT2D eigenvalue weighted by molar-refractivity contribution is 14.1. The minimum absolute atomic E-state index is 0.0575. The summed E-state index contributed by atoms with van der Waals surface area (Å²) in [6.45, 7) is 17.0. The van der Waals surface area contributed by atoms with Gasteiger partial charge in [-0.2, -0.15) is 0 Å². The van der Waals surface area contributed by atoms with Crippen molar-refractivity contribution in [1.29, 1.82) is 0 Å². The van der Waals surface area contributed by atoms with E-state index in [1.807, 2.05) is 0 Å². The minimum Gasteiger partial charge on any atom is -0.378 e. The Hall–Kier alpha value is 0.0200. The zero-order valence-electron chi connectivity index (χ0n) is 19.3. The molecule has 168 valence electrons. The van der Waals surface area contributed by atoms with E-state index in [1.54, 1.807) is 0 Å². The van der Waals surface area contributed by atoms with E-state index < -0.39 is 0 Å². The highest BCUT2D eigenvalue weighted by Gasteiger charge is 2.42. The molecule has 6 heteroatoms. The first kappa shape index (κ1) is 25.3. The van der Waals surface area contributed by atoms with Crippen LogP contribution in [-0.2, 0) is 14.2 Å². The van der Waals surface area contributed by atoms with E-state index in [1.165, 1.54) is 0 Å². The first-order valence-electron chi connectivity index (χ1n) is 11.2. The summed E-state index contributed by atoms with van der Waals surface area (Å²) in [7, 11) is 0. The number of hydrogen-bond donors (Lipinski definition) is 0. The number of ether oxygens (including phenoxy) is 3. The molecular formula is C23H42IN2O3+. The van der Waals surface area contributed by atoms with Crippen LogP contribution in [0.3, 0.4) is 0 Å².